The molecule has 2 N–H and O–H groups in total. The molecule has 0 unspecified atom stereocenters. The molecule has 0 aliphatic carbocycles. The lowest BCUT2D eigenvalue weighted by atomic mass is 10.1. The lowest BCUT2D eigenvalue weighted by molar-refractivity contribution is -0.114. The second-order valence-electron chi connectivity index (χ2n) is 6.51. The second kappa shape index (κ2) is 8.49. The van der Waals surface area contributed by atoms with E-state index in [-0.39, 0.29) is 33.7 Å². The van der Waals surface area contributed by atoms with E-state index in [1.165, 1.54) is 37.3 Å². The van der Waals surface area contributed by atoms with Crippen molar-refractivity contribution in [3.8, 4) is 22.6 Å². The summed E-state index contributed by atoms with van der Waals surface area (Å²) in [5.74, 6) is -1.67. The lowest BCUT2D eigenvalue weighted by Gasteiger charge is -2.05. The van der Waals surface area contributed by atoms with Gasteiger partial charge in [0, 0.05) is 23.6 Å². The van der Waals surface area contributed by atoms with Gasteiger partial charge in [-0.1, -0.05) is 12.1 Å². The molecule has 156 valence electrons. The van der Waals surface area contributed by atoms with Crippen LogP contribution in [0.3, 0.4) is 0 Å². The van der Waals surface area contributed by atoms with Crippen molar-refractivity contribution in [1.29, 1.82) is 0 Å². The number of carbonyl (C=O) groups excluding carboxylic acids is 2. The Balaban J connectivity index is 1.49. The van der Waals surface area contributed by atoms with Gasteiger partial charge in [0.05, 0.1) is 11.3 Å². The first-order chi connectivity index (χ1) is 14.9. The van der Waals surface area contributed by atoms with E-state index in [2.05, 4.69) is 15.6 Å². The molecule has 6 nitrogen and oxygen atoms in total. The highest BCUT2D eigenvalue weighted by atomic mass is 32.1. The van der Waals surface area contributed by atoms with Crippen LogP contribution in [-0.4, -0.2) is 16.8 Å². The zero-order valence-electron chi connectivity index (χ0n) is 16.1. The highest BCUT2D eigenvalue weighted by Gasteiger charge is 2.17. The zero-order chi connectivity index (χ0) is 22.0. The number of furan rings is 1. The van der Waals surface area contributed by atoms with Gasteiger partial charge in [-0.15, -0.1) is 11.3 Å². The maximum atomic E-state index is 14.4. The molecular weight excluding hydrogens is 424 g/mol. The molecule has 2 heterocycles. The fourth-order valence-corrected chi connectivity index (χ4v) is 3.59. The van der Waals surface area contributed by atoms with Crippen molar-refractivity contribution in [1.82, 2.24) is 4.98 Å². The molecule has 2 aromatic heterocycles. The highest BCUT2D eigenvalue weighted by Crippen LogP contribution is 2.30. The summed E-state index contributed by atoms with van der Waals surface area (Å²) in [4.78, 5) is 27.8. The van der Waals surface area contributed by atoms with Crippen LogP contribution in [0.2, 0.25) is 0 Å². The number of nitrogens with one attached hydrogen (secondary N) is 2. The fourth-order valence-electron chi connectivity index (χ4n) is 2.88. The molecule has 0 saturated carbocycles. The Morgan fingerprint density at radius 2 is 1.77 bits per heavy atom. The number of anilines is 2. The summed E-state index contributed by atoms with van der Waals surface area (Å²) >= 11 is 1.12. The van der Waals surface area contributed by atoms with Crippen LogP contribution in [0.5, 0.6) is 0 Å². The van der Waals surface area contributed by atoms with Crippen LogP contribution in [0.1, 0.15) is 17.5 Å². The minimum absolute atomic E-state index is 0.0131. The molecule has 0 spiro atoms. The molecule has 4 aromatic rings. The van der Waals surface area contributed by atoms with Gasteiger partial charge in [-0.3, -0.25) is 14.9 Å². The third-order valence-corrected chi connectivity index (χ3v) is 5.02. The van der Waals surface area contributed by atoms with Crippen LogP contribution in [0.15, 0.2) is 64.4 Å². The molecule has 2 amide bonds. The van der Waals surface area contributed by atoms with Crippen molar-refractivity contribution >= 4 is 34.0 Å². The van der Waals surface area contributed by atoms with E-state index in [0.29, 0.717) is 11.4 Å². The van der Waals surface area contributed by atoms with Crippen LogP contribution in [0.25, 0.3) is 22.6 Å². The number of amides is 2. The molecule has 9 heteroatoms. The predicted molar refractivity (Wildman–Crippen MR) is 114 cm³/mol. The van der Waals surface area contributed by atoms with Crippen LogP contribution in [0, 0.1) is 11.6 Å². The standard InChI is InChI=1S/C22H15F2N3O3S/c1-12(28)25-13-6-7-14(17(24)10-13)18-11-31-22(26-18)27-21(29)20-9-8-19(30-20)15-4-2-3-5-16(15)23/h2-11H,1H3,(H,25,28)(H,26,27,29). The molecule has 0 bridgehead atoms. The Bertz CT molecular complexity index is 1280. The smallest absolute Gasteiger partial charge is 0.293 e. The Morgan fingerprint density at radius 3 is 2.52 bits per heavy atom. The normalized spacial score (nSPS) is 10.7. The van der Waals surface area contributed by atoms with Crippen LogP contribution >= 0.6 is 11.3 Å². The minimum Gasteiger partial charge on any atom is -0.451 e. The summed E-state index contributed by atoms with van der Waals surface area (Å²) in [5, 5.41) is 6.93. The first-order valence-corrected chi connectivity index (χ1v) is 9.98. The Morgan fingerprint density at radius 1 is 0.968 bits per heavy atom. The van der Waals surface area contributed by atoms with Gasteiger partial charge in [-0.2, -0.15) is 0 Å². The summed E-state index contributed by atoms with van der Waals surface area (Å²) in [7, 11) is 0. The Labute approximate surface area is 179 Å². The molecule has 0 atom stereocenters. The Kier molecular flexibility index (Phi) is 5.59. The summed E-state index contributed by atoms with van der Waals surface area (Å²) < 4.78 is 33.8. The zero-order valence-corrected chi connectivity index (χ0v) is 16.9. The van der Waals surface area contributed by atoms with Gasteiger partial charge in [-0.05, 0) is 42.5 Å². The maximum absolute atomic E-state index is 14.4. The highest BCUT2D eigenvalue weighted by molar-refractivity contribution is 7.14. The Hall–Kier alpha value is -3.85. The molecule has 0 aliphatic rings. The molecule has 0 saturated heterocycles. The molecule has 31 heavy (non-hydrogen) atoms. The first-order valence-electron chi connectivity index (χ1n) is 9.10. The number of halogens is 2. The molecular formula is C22H15F2N3O3S. The largest absolute Gasteiger partial charge is 0.451 e. The third-order valence-electron chi connectivity index (χ3n) is 4.26. The van der Waals surface area contributed by atoms with E-state index in [1.54, 1.807) is 29.6 Å². The van der Waals surface area contributed by atoms with Gasteiger partial charge in [0.1, 0.15) is 17.4 Å². The van der Waals surface area contributed by atoms with E-state index in [9.17, 15) is 18.4 Å². The van der Waals surface area contributed by atoms with Gasteiger partial charge in [0.15, 0.2) is 10.9 Å². The SMILES string of the molecule is CC(=O)Nc1ccc(-c2csc(NC(=O)c3ccc(-c4ccccc4F)o3)n2)c(F)c1. The second-order valence-corrected chi connectivity index (χ2v) is 7.37. The molecule has 0 radical (unpaired) electrons. The molecule has 0 fully saturated rings. The van der Waals surface area contributed by atoms with Crippen LogP contribution in [0.4, 0.5) is 19.6 Å². The van der Waals surface area contributed by atoms with E-state index in [0.717, 1.165) is 11.3 Å². The fraction of sp³-hybridized carbons (Fsp3) is 0.0455. The lowest BCUT2D eigenvalue weighted by Crippen LogP contribution is -2.10. The number of rotatable bonds is 5. The average molecular weight is 439 g/mol. The monoisotopic (exact) mass is 439 g/mol. The van der Waals surface area contributed by atoms with Crippen molar-refractivity contribution in [3.63, 3.8) is 0 Å². The number of nitrogens with zero attached hydrogens (tertiary/aromatic N) is 1. The van der Waals surface area contributed by atoms with E-state index < -0.39 is 17.5 Å². The topological polar surface area (TPSA) is 84.2 Å². The van der Waals surface area contributed by atoms with Gasteiger partial charge >= 0.3 is 0 Å². The summed E-state index contributed by atoms with van der Waals surface area (Å²) in [6, 6.07) is 13.3. The van der Waals surface area contributed by atoms with E-state index in [1.807, 2.05) is 0 Å². The van der Waals surface area contributed by atoms with Gasteiger partial charge < -0.3 is 9.73 Å². The van der Waals surface area contributed by atoms with Gasteiger partial charge in [-0.25, -0.2) is 13.8 Å². The summed E-state index contributed by atoms with van der Waals surface area (Å²) in [5.41, 5.74) is 1.14. The molecule has 0 aliphatic heterocycles. The van der Waals surface area contributed by atoms with Crippen molar-refractivity contribution in [2.45, 2.75) is 6.92 Å². The van der Waals surface area contributed by atoms with Crippen LogP contribution in [-0.2, 0) is 4.79 Å². The van der Waals surface area contributed by atoms with Crippen molar-refractivity contribution in [2.24, 2.45) is 0 Å². The summed E-state index contributed by atoms with van der Waals surface area (Å²) in [6.45, 7) is 1.33. The van der Waals surface area contributed by atoms with Crippen LogP contribution < -0.4 is 10.6 Å². The third kappa shape index (κ3) is 4.51. The minimum atomic E-state index is -0.565. The number of benzene rings is 2. The predicted octanol–water partition coefficient (Wildman–Crippen LogP) is 5.56. The van der Waals surface area contributed by atoms with Crippen molar-refractivity contribution < 1.29 is 22.8 Å². The maximum Gasteiger partial charge on any atom is 0.293 e. The number of thiazole rings is 1. The number of hydrogen-bond donors (Lipinski definition) is 2. The van der Waals surface area contributed by atoms with E-state index in [4.69, 9.17) is 4.42 Å². The van der Waals surface area contributed by atoms with Gasteiger partial charge in [0.2, 0.25) is 5.91 Å². The average Bonchev–Trinajstić information content (AvgIpc) is 3.38. The van der Waals surface area contributed by atoms with Crippen molar-refractivity contribution in [2.75, 3.05) is 10.6 Å². The summed E-state index contributed by atoms with van der Waals surface area (Å²) in [6.07, 6.45) is 0. The van der Waals surface area contributed by atoms with Crippen molar-refractivity contribution in [3.05, 3.63) is 77.4 Å². The number of aromatic nitrogens is 1. The molecule has 2 aromatic carbocycles. The number of hydrogen-bond acceptors (Lipinski definition) is 5. The quantitative estimate of drug-likeness (QED) is 0.426. The first kappa shape index (κ1) is 20.4. The van der Waals surface area contributed by atoms with Gasteiger partial charge in [0.25, 0.3) is 5.91 Å². The number of carbonyl (C=O) groups is 2. The van der Waals surface area contributed by atoms with E-state index >= 15 is 0 Å². The molecule has 4 rings (SSSR count).